The first-order chi connectivity index (χ1) is 9.26. The molecule has 0 bridgehead atoms. The molecular formula is C8H10N6Re2S5-2. The van der Waals surface area contributed by atoms with Gasteiger partial charge in [-0.25, -0.2) is 4.37 Å². The summed E-state index contributed by atoms with van der Waals surface area (Å²) in [6, 6.07) is 0. The molecule has 2 radical (unpaired) electrons. The molecule has 1 rings (SSSR count). The van der Waals surface area contributed by atoms with Gasteiger partial charge in [0.2, 0.25) is 0 Å². The minimum Gasteiger partial charge on any atom is -0.694 e. The number of rotatable bonds is 3. The Morgan fingerprint density at radius 2 is 2.00 bits per heavy atom. The van der Waals surface area contributed by atoms with Gasteiger partial charge in [-0.2, -0.15) is 0 Å². The quantitative estimate of drug-likeness (QED) is 0.208. The van der Waals surface area contributed by atoms with Crippen LogP contribution in [0.25, 0.3) is 0 Å². The zero-order valence-corrected chi connectivity index (χ0v) is 20.4. The van der Waals surface area contributed by atoms with E-state index in [1.165, 1.54) is 11.7 Å². The van der Waals surface area contributed by atoms with Gasteiger partial charge in [-0.15, -0.1) is 5.69 Å². The van der Waals surface area contributed by atoms with Crippen molar-refractivity contribution in [3.05, 3.63) is 18.3 Å². The summed E-state index contributed by atoms with van der Waals surface area (Å²) in [6.07, 6.45) is 10.6. The Labute approximate surface area is 172 Å². The van der Waals surface area contributed by atoms with Crippen molar-refractivity contribution in [3.8, 4) is 5.92 Å². The molecular weight excluding hydrogens is 713 g/mol. The van der Waals surface area contributed by atoms with Crippen molar-refractivity contribution in [1.82, 2.24) is 8.75 Å². The van der Waals surface area contributed by atoms with E-state index in [1.807, 2.05) is 13.8 Å². The Bertz CT molecular complexity index is 476. The molecule has 0 aliphatic rings. The normalized spacial score (nSPS) is 7.29. The molecule has 13 heteroatoms. The maximum atomic E-state index is 6.20. The zero-order valence-electron chi connectivity index (χ0n) is 10.9. The van der Waals surface area contributed by atoms with Crippen LogP contribution in [0.4, 0.5) is 0 Å². The molecule has 0 aliphatic heterocycles. The predicted octanol–water partition coefficient (Wildman–Crippen LogP) is 2.61. The summed E-state index contributed by atoms with van der Waals surface area (Å²) in [6.45, 7) is 3.92. The molecule has 0 fully saturated rings. The third-order valence-corrected chi connectivity index (χ3v) is 2.73. The molecule has 21 heavy (non-hydrogen) atoms. The van der Waals surface area contributed by atoms with Crippen LogP contribution < -0.4 is 0 Å². The third-order valence-electron chi connectivity index (χ3n) is 1.06. The van der Waals surface area contributed by atoms with Crippen molar-refractivity contribution in [2.24, 2.45) is 19.4 Å². The Hall–Kier alpha value is 0.525. The first kappa shape index (κ1) is 29.5. The maximum absolute atomic E-state index is 6.20. The molecule has 0 atom stereocenters. The van der Waals surface area contributed by atoms with Gasteiger partial charge in [-0.1, -0.05) is 22.8 Å². The van der Waals surface area contributed by atoms with Crippen LogP contribution in [-0.4, -0.2) is 8.75 Å². The molecule has 1 aromatic heterocycles. The van der Waals surface area contributed by atoms with Gasteiger partial charge in [0.1, 0.15) is 0 Å². The van der Waals surface area contributed by atoms with E-state index in [1.54, 1.807) is 0 Å². The molecule has 0 spiro atoms. The average Bonchev–Trinajstić information content (AvgIpc) is 2.98. The zero-order chi connectivity index (χ0) is 14.8. The molecule has 0 N–H and O–H groups in total. The van der Waals surface area contributed by atoms with Crippen molar-refractivity contribution in [2.45, 2.75) is 26.7 Å². The van der Waals surface area contributed by atoms with E-state index in [0.29, 0.717) is 0 Å². The Morgan fingerprint density at radius 3 is 2.29 bits per heavy atom. The predicted molar refractivity (Wildman–Crippen MR) is 84.7 cm³/mol. The van der Waals surface area contributed by atoms with Crippen LogP contribution in [0.15, 0.2) is 19.4 Å². The van der Waals surface area contributed by atoms with Gasteiger partial charge in [-0.3, -0.25) is 0 Å². The number of aromatic nitrogens is 2. The fourth-order valence-corrected chi connectivity index (χ4v) is 1.36. The van der Waals surface area contributed by atoms with Gasteiger partial charge >= 0.3 is 0 Å². The van der Waals surface area contributed by atoms with Gasteiger partial charge in [0.15, 0.2) is 0 Å². The Morgan fingerprint density at radius 1 is 1.38 bits per heavy atom. The smallest absolute Gasteiger partial charge is 0.0671 e. The number of hydrogen-bond acceptors (Lipinski definition) is 5. The SMILES string of the molecule is CCc1[c-]nsn1.S=N/N=N/N=S=S=S.[C-]#CCC.[Re].[Re]. The molecule has 0 aliphatic carbocycles. The average molecular weight is 723 g/mol. The van der Waals surface area contributed by atoms with Crippen molar-refractivity contribution in [2.75, 3.05) is 0 Å². The van der Waals surface area contributed by atoms with Gasteiger partial charge in [0.25, 0.3) is 0 Å². The molecule has 118 valence electrons. The molecule has 0 saturated carbocycles. The van der Waals surface area contributed by atoms with Crippen LogP contribution in [0.1, 0.15) is 26.0 Å². The fourth-order valence-electron chi connectivity index (χ4n) is 0.368. The minimum atomic E-state index is 0. The monoisotopic (exact) mass is 724 g/mol. The van der Waals surface area contributed by atoms with E-state index < -0.39 is 0 Å². The van der Waals surface area contributed by atoms with E-state index in [0.717, 1.165) is 37.5 Å². The third kappa shape index (κ3) is 29.2. The topological polar surface area (TPSA) is 75.2 Å². The summed E-state index contributed by atoms with van der Waals surface area (Å²) < 4.78 is 13.9. The summed E-state index contributed by atoms with van der Waals surface area (Å²) in [5, 5.41) is 6.16. The fraction of sp³-hybridized carbons (Fsp3) is 0.500. The van der Waals surface area contributed by atoms with Crippen LogP contribution in [-0.2, 0) is 89.9 Å². The van der Waals surface area contributed by atoms with Crippen LogP contribution in [0.3, 0.4) is 0 Å². The second-order valence-electron chi connectivity index (χ2n) is 2.19. The van der Waals surface area contributed by atoms with E-state index >= 15 is 0 Å². The summed E-state index contributed by atoms with van der Waals surface area (Å²) in [7, 11) is 2.09. The standard InChI is InChI=1S/C4H5N2S.C4H5.N4S4.2Re/c1-2-4-3-5-7-6-4;1-3-4-2;5-3-1-2-4-7-8-6;;/h2H2,1H3;3H2,1H3;;;/q2*-1;;;/b;;2-1+;;. The van der Waals surface area contributed by atoms with E-state index in [9.17, 15) is 0 Å². The summed E-state index contributed by atoms with van der Waals surface area (Å²) in [5.74, 6) is 2.18. The van der Waals surface area contributed by atoms with E-state index in [4.69, 9.17) is 6.42 Å². The first-order valence-electron chi connectivity index (χ1n) is 4.73. The molecule has 6 nitrogen and oxygen atoms in total. The second kappa shape index (κ2) is 28.7. The van der Waals surface area contributed by atoms with Gasteiger partial charge in [0, 0.05) is 72.6 Å². The van der Waals surface area contributed by atoms with Gasteiger partial charge < -0.3 is 22.9 Å². The van der Waals surface area contributed by atoms with Crippen molar-refractivity contribution < 1.29 is 40.8 Å². The molecule has 0 unspecified atom stereocenters. The number of nitrogens with zero attached hydrogens (tertiary/aromatic N) is 6. The largest absolute Gasteiger partial charge is 0.694 e. The maximum Gasteiger partial charge on any atom is 0.0671 e. The van der Waals surface area contributed by atoms with Crippen molar-refractivity contribution in [3.63, 3.8) is 0 Å². The van der Waals surface area contributed by atoms with Crippen LogP contribution in [0.5, 0.6) is 0 Å². The molecule has 1 heterocycles. The minimum absolute atomic E-state index is 0. The number of aryl methyl sites for hydroxylation is 1. The van der Waals surface area contributed by atoms with Crippen LogP contribution in [0, 0.1) is 18.5 Å². The first-order valence-corrected chi connectivity index (χ1v) is 8.86. The summed E-state index contributed by atoms with van der Waals surface area (Å²) in [4.78, 5) is 0. The van der Waals surface area contributed by atoms with Gasteiger partial charge in [-0.05, 0) is 23.3 Å². The molecule has 0 aromatic carbocycles. The van der Waals surface area contributed by atoms with Crippen molar-refractivity contribution in [1.29, 1.82) is 0 Å². The number of hydrogen-bond donors (Lipinski definition) is 0. The van der Waals surface area contributed by atoms with E-state index in [-0.39, 0.29) is 40.8 Å². The Balaban J connectivity index is -0.000000103. The van der Waals surface area contributed by atoms with Crippen molar-refractivity contribution >= 4 is 54.3 Å². The molecule has 1 aromatic rings. The summed E-state index contributed by atoms with van der Waals surface area (Å²) in [5.41, 5.74) is 0.963. The summed E-state index contributed by atoms with van der Waals surface area (Å²) >= 11 is 9.70. The Kier molecular flexibility index (Phi) is 40.3. The van der Waals surface area contributed by atoms with Crippen LogP contribution in [0.2, 0.25) is 0 Å². The van der Waals surface area contributed by atoms with Gasteiger partial charge in [0.05, 0.1) is 22.5 Å². The second-order valence-corrected chi connectivity index (χ2v) is 5.41. The molecule has 0 amide bonds. The van der Waals surface area contributed by atoms with Crippen LogP contribution >= 0.6 is 11.7 Å². The molecule has 0 saturated heterocycles. The van der Waals surface area contributed by atoms with E-state index in [2.05, 4.69) is 63.9 Å².